The van der Waals surface area contributed by atoms with E-state index in [2.05, 4.69) is 25.3 Å². The van der Waals surface area contributed by atoms with Crippen LogP contribution in [0.4, 0.5) is 0 Å². The van der Waals surface area contributed by atoms with Crippen LogP contribution in [0.15, 0.2) is 11.4 Å². The summed E-state index contributed by atoms with van der Waals surface area (Å²) in [5.41, 5.74) is 1.39. The van der Waals surface area contributed by atoms with Crippen LogP contribution in [0.2, 0.25) is 0 Å². The van der Waals surface area contributed by atoms with E-state index in [-0.39, 0.29) is 6.61 Å². The second-order valence-corrected chi connectivity index (χ2v) is 4.11. The van der Waals surface area contributed by atoms with Gasteiger partial charge in [0.05, 0.1) is 0 Å². The van der Waals surface area contributed by atoms with E-state index < -0.39 is 0 Å². The second kappa shape index (κ2) is 3.88. The lowest BCUT2D eigenvalue weighted by Crippen LogP contribution is -2.04. The molecule has 11 heavy (non-hydrogen) atoms. The molecule has 0 bridgehead atoms. The molecule has 1 unspecified atom stereocenters. The van der Waals surface area contributed by atoms with Crippen molar-refractivity contribution in [1.82, 2.24) is 0 Å². The molecule has 0 fully saturated rings. The van der Waals surface area contributed by atoms with Crippen LogP contribution >= 0.6 is 11.3 Å². The van der Waals surface area contributed by atoms with Crippen molar-refractivity contribution in [2.45, 2.75) is 20.3 Å². The molecule has 1 nitrogen and oxygen atoms in total. The van der Waals surface area contributed by atoms with Gasteiger partial charge < -0.3 is 5.11 Å². The van der Waals surface area contributed by atoms with Gasteiger partial charge in [-0.05, 0) is 36.3 Å². The molecule has 0 aliphatic rings. The zero-order chi connectivity index (χ0) is 8.27. The van der Waals surface area contributed by atoms with Gasteiger partial charge in [0.2, 0.25) is 0 Å². The largest absolute Gasteiger partial charge is 0.396 e. The first kappa shape index (κ1) is 8.75. The Bertz CT molecular complexity index is 217. The van der Waals surface area contributed by atoms with Crippen LogP contribution in [-0.4, -0.2) is 11.7 Å². The Morgan fingerprint density at radius 2 is 2.36 bits per heavy atom. The molecule has 0 saturated heterocycles. The lowest BCUT2D eigenvalue weighted by atomic mass is 10.0. The molecule has 1 aromatic heterocycles. The molecule has 0 saturated carbocycles. The third-order valence-electron chi connectivity index (χ3n) is 1.85. The van der Waals surface area contributed by atoms with Crippen molar-refractivity contribution >= 4 is 11.3 Å². The smallest absolute Gasteiger partial charge is 0.0459 e. The second-order valence-electron chi connectivity index (χ2n) is 2.99. The summed E-state index contributed by atoms with van der Waals surface area (Å²) >= 11 is 1.78. The van der Waals surface area contributed by atoms with Crippen molar-refractivity contribution in [1.29, 1.82) is 0 Å². The SMILES string of the molecule is Cc1sccc1CC(C)CO. The van der Waals surface area contributed by atoms with Crippen molar-refractivity contribution in [3.63, 3.8) is 0 Å². The number of hydrogen-bond acceptors (Lipinski definition) is 2. The quantitative estimate of drug-likeness (QED) is 0.737. The Balaban J connectivity index is 2.56. The first-order valence-electron chi connectivity index (χ1n) is 3.88. The Morgan fingerprint density at radius 3 is 2.82 bits per heavy atom. The highest BCUT2D eigenvalue weighted by atomic mass is 32.1. The van der Waals surface area contributed by atoms with Gasteiger partial charge >= 0.3 is 0 Å². The average Bonchev–Trinajstić information content (AvgIpc) is 2.37. The van der Waals surface area contributed by atoms with Crippen LogP contribution in [0.5, 0.6) is 0 Å². The van der Waals surface area contributed by atoms with Gasteiger partial charge in [0.15, 0.2) is 0 Å². The van der Waals surface area contributed by atoms with Crippen LogP contribution in [0, 0.1) is 12.8 Å². The Morgan fingerprint density at radius 1 is 1.64 bits per heavy atom. The van der Waals surface area contributed by atoms with Gasteiger partial charge in [0.25, 0.3) is 0 Å². The van der Waals surface area contributed by atoms with Gasteiger partial charge in [-0.2, -0.15) is 0 Å². The predicted molar refractivity (Wildman–Crippen MR) is 49.0 cm³/mol. The minimum absolute atomic E-state index is 0.287. The van der Waals surface area contributed by atoms with E-state index in [0.29, 0.717) is 5.92 Å². The molecule has 1 N–H and O–H groups in total. The number of rotatable bonds is 3. The summed E-state index contributed by atoms with van der Waals surface area (Å²) in [5, 5.41) is 10.9. The van der Waals surface area contributed by atoms with E-state index in [1.165, 1.54) is 10.4 Å². The Labute approximate surface area is 71.7 Å². The molecule has 62 valence electrons. The molecule has 1 rings (SSSR count). The number of aliphatic hydroxyl groups excluding tert-OH is 1. The molecule has 0 amide bonds. The normalized spacial score (nSPS) is 13.4. The summed E-state index contributed by atoms with van der Waals surface area (Å²) in [7, 11) is 0. The molecule has 0 spiro atoms. The molecule has 1 aromatic rings. The van der Waals surface area contributed by atoms with Gasteiger partial charge in [-0.15, -0.1) is 11.3 Å². The predicted octanol–water partition coefficient (Wildman–Crippen LogP) is 2.23. The fourth-order valence-electron chi connectivity index (χ4n) is 1.06. The van der Waals surface area contributed by atoms with Crippen LogP contribution in [0.25, 0.3) is 0 Å². The monoisotopic (exact) mass is 170 g/mol. The molecular formula is C9H14OS. The maximum Gasteiger partial charge on any atom is 0.0459 e. The molecule has 0 aromatic carbocycles. The fraction of sp³-hybridized carbons (Fsp3) is 0.556. The highest BCUT2D eigenvalue weighted by Gasteiger charge is 2.04. The topological polar surface area (TPSA) is 20.2 Å². The third kappa shape index (κ3) is 2.31. The Hall–Kier alpha value is -0.340. The number of aliphatic hydroxyl groups is 1. The zero-order valence-corrected chi connectivity index (χ0v) is 7.82. The average molecular weight is 170 g/mol. The van der Waals surface area contributed by atoms with Gasteiger partial charge in [-0.1, -0.05) is 6.92 Å². The summed E-state index contributed by atoms with van der Waals surface area (Å²) in [6, 6.07) is 2.14. The molecule has 1 atom stereocenters. The summed E-state index contributed by atoms with van der Waals surface area (Å²) in [6.07, 6.45) is 1.01. The summed E-state index contributed by atoms with van der Waals surface area (Å²) < 4.78 is 0. The van der Waals surface area contributed by atoms with Gasteiger partial charge in [-0.3, -0.25) is 0 Å². The minimum atomic E-state index is 0.287. The zero-order valence-electron chi connectivity index (χ0n) is 7.00. The van der Waals surface area contributed by atoms with Gasteiger partial charge in [0.1, 0.15) is 0 Å². The van der Waals surface area contributed by atoms with E-state index in [1.54, 1.807) is 11.3 Å². The number of hydrogen-bond donors (Lipinski definition) is 1. The first-order chi connectivity index (χ1) is 5.24. The van der Waals surface area contributed by atoms with E-state index in [1.807, 2.05) is 0 Å². The maximum absolute atomic E-state index is 8.83. The molecule has 0 aliphatic carbocycles. The van der Waals surface area contributed by atoms with Crippen molar-refractivity contribution < 1.29 is 5.11 Å². The molecule has 1 heterocycles. The van der Waals surface area contributed by atoms with Crippen molar-refractivity contribution in [3.05, 3.63) is 21.9 Å². The fourth-order valence-corrected chi connectivity index (χ4v) is 1.80. The molecule has 0 aliphatic heterocycles. The van der Waals surface area contributed by atoms with E-state index in [0.717, 1.165) is 6.42 Å². The lowest BCUT2D eigenvalue weighted by molar-refractivity contribution is 0.237. The van der Waals surface area contributed by atoms with Crippen LogP contribution in [-0.2, 0) is 6.42 Å². The minimum Gasteiger partial charge on any atom is -0.396 e. The maximum atomic E-state index is 8.83. The first-order valence-corrected chi connectivity index (χ1v) is 4.76. The Kier molecular flexibility index (Phi) is 3.09. The van der Waals surface area contributed by atoms with Gasteiger partial charge in [0, 0.05) is 11.5 Å². The van der Waals surface area contributed by atoms with E-state index in [4.69, 9.17) is 5.11 Å². The highest BCUT2D eigenvalue weighted by Crippen LogP contribution is 2.18. The van der Waals surface area contributed by atoms with E-state index in [9.17, 15) is 0 Å². The number of thiophene rings is 1. The van der Waals surface area contributed by atoms with Crippen molar-refractivity contribution in [3.8, 4) is 0 Å². The van der Waals surface area contributed by atoms with Crippen molar-refractivity contribution in [2.24, 2.45) is 5.92 Å². The summed E-state index contributed by atoms with van der Waals surface area (Å²) in [5.74, 6) is 0.392. The molecule has 2 heteroatoms. The van der Waals surface area contributed by atoms with Crippen LogP contribution < -0.4 is 0 Å². The summed E-state index contributed by atoms with van der Waals surface area (Å²) in [4.78, 5) is 1.38. The number of aryl methyl sites for hydroxylation is 1. The van der Waals surface area contributed by atoms with Crippen molar-refractivity contribution in [2.75, 3.05) is 6.61 Å². The van der Waals surface area contributed by atoms with Gasteiger partial charge in [-0.25, -0.2) is 0 Å². The van der Waals surface area contributed by atoms with Crippen LogP contribution in [0.3, 0.4) is 0 Å². The lowest BCUT2D eigenvalue weighted by Gasteiger charge is -2.05. The summed E-state index contributed by atoms with van der Waals surface area (Å²) in [6.45, 7) is 4.48. The third-order valence-corrected chi connectivity index (χ3v) is 2.73. The standard InChI is InChI=1S/C9H14OS/c1-7(6-10)5-9-3-4-11-8(9)2/h3-4,7,10H,5-6H2,1-2H3. The van der Waals surface area contributed by atoms with E-state index >= 15 is 0 Å². The highest BCUT2D eigenvalue weighted by molar-refractivity contribution is 7.10. The molecule has 0 radical (unpaired) electrons. The van der Waals surface area contributed by atoms with Crippen LogP contribution in [0.1, 0.15) is 17.4 Å². The molecular weight excluding hydrogens is 156 g/mol.